The number of nitrogens with zero attached hydrogens (tertiary/aromatic N) is 1. The van der Waals surface area contributed by atoms with E-state index in [9.17, 15) is 15.0 Å². The van der Waals surface area contributed by atoms with E-state index in [2.05, 4.69) is 24.8 Å². The number of unbranched alkanes of at least 4 members (excludes halogenated alkanes) is 3. The molecule has 1 heterocycles. The van der Waals surface area contributed by atoms with Crippen molar-refractivity contribution in [3.8, 4) is 0 Å². The van der Waals surface area contributed by atoms with Crippen molar-refractivity contribution in [1.29, 1.82) is 0 Å². The number of aliphatic hydroxyl groups is 2. The lowest BCUT2D eigenvalue weighted by Gasteiger charge is -2.19. The molecule has 0 bridgehead atoms. The molecule has 0 radical (unpaired) electrons. The van der Waals surface area contributed by atoms with Crippen LogP contribution in [-0.4, -0.2) is 57.8 Å². The van der Waals surface area contributed by atoms with E-state index < -0.39 is 0 Å². The zero-order valence-corrected chi connectivity index (χ0v) is 18.2. The molecule has 27 heavy (non-hydrogen) atoms. The minimum Gasteiger partial charge on any atom is -0.392 e. The van der Waals surface area contributed by atoms with Gasteiger partial charge in [-0.05, 0) is 38.0 Å². The highest BCUT2D eigenvalue weighted by Crippen LogP contribution is 2.52. The second-order valence-corrected chi connectivity index (χ2v) is 10.1. The molecule has 1 saturated heterocycles. The molecule has 2 rings (SSSR count). The molecule has 2 aliphatic rings. The summed E-state index contributed by atoms with van der Waals surface area (Å²) in [6.07, 6.45) is 13.6. The molecule has 1 amide bonds. The molecular formula is C22H39NO3S. The van der Waals surface area contributed by atoms with Gasteiger partial charge in [0.2, 0.25) is 5.91 Å². The number of aliphatic hydroxyl groups excluding tert-OH is 2. The number of fused-ring (bicyclic) bond motifs is 1. The van der Waals surface area contributed by atoms with Crippen LogP contribution in [0.2, 0.25) is 0 Å². The van der Waals surface area contributed by atoms with Gasteiger partial charge in [-0.15, -0.1) is 0 Å². The first-order valence-electron chi connectivity index (χ1n) is 10.8. The van der Waals surface area contributed by atoms with Gasteiger partial charge < -0.3 is 15.1 Å². The number of rotatable bonds is 11. The Labute approximate surface area is 169 Å². The summed E-state index contributed by atoms with van der Waals surface area (Å²) in [5.41, 5.74) is 0. The molecule has 4 nitrogen and oxygen atoms in total. The maximum absolute atomic E-state index is 11.7. The van der Waals surface area contributed by atoms with Crippen LogP contribution in [0.25, 0.3) is 0 Å². The summed E-state index contributed by atoms with van der Waals surface area (Å²) >= 11 is 2.05. The lowest BCUT2D eigenvalue weighted by atomic mass is 9.89. The van der Waals surface area contributed by atoms with Crippen molar-refractivity contribution >= 4 is 17.7 Å². The maximum atomic E-state index is 11.7. The first kappa shape index (κ1) is 22.8. The first-order chi connectivity index (χ1) is 12.9. The molecule has 0 unspecified atom stereocenters. The Bertz CT molecular complexity index is 482. The van der Waals surface area contributed by atoms with Crippen LogP contribution in [-0.2, 0) is 4.79 Å². The van der Waals surface area contributed by atoms with Crippen molar-refractivity contribution in [3.05, 3.63) is 12.2 Å². The third kappa shape index (κ3) is 7.10. The van der Waals surface area contributed by atoms with Crippen LogP contribution >= 0.6 is 11.8 Å². The summed E-state index contributed by atoms with van der Waals surface area (Å²) in [5, 5.41) is 21.8. The SMILES string of the molecule is CCCCC[C@H](O)C=C[C@@H]1[C@H]2C[C@H](CCCCC(=O)N(C)C)S[C@H]2C[C@H]1O. The Morgan fingerprint density at radius 2 is 2.00 bits per heavy atom. The Hall–Kier alpha value is -0.520. The van der Waals surface area contributed by atoms with E-state index >= 15 is 0 Å². The van der Waals surface area contributed by atoms with E-state index in [0.717, 1.165) is 38.5 Å². The van der Waals surface area contributed by atoms with Gasteiger partial charge in [-0.25, -0.2) is 0 Å². The van der Waals surface area contributed by atoms with E-state index in [0.29, 0.717) is 22.8 Å². The van der Waals surface area contributed by atoms with Crippen molar-refractivity contribution in [2.45, 2.75) is 93.8 Å². The van der Waals surface area contributed by atoms with E-state index in [4.69, 9.17) is 0 Å². The van der Waals surface area contributed by atoms with Crippen LogP contribution in [0.4, 0.5) is 0 Å². The number of hydrogen-bond donors (Lipinski definition) is 2. The smallest absolute Gasteiger partial charge is 0.222 e. The molecular weight excluding hydrogens is 358 g/mol. The highest BCUT2D eigenvalue weighted by atomic mass is 32.2. The topological polar surface area (TPSA) is 60.8 Å². The Morgan fingerprint density at radius 1 is 1.22 bits per heavy atom. The van der Waals surface area contributed by atoms with Gasteiger partial charge >= 0.3 is 0 Å². The molecule has 2 fully saturated rings. The second-order valence-electron chi connectivity index (χ2n) is 8.56. The molecule has 6 atom stereocenters. The molecule has 0 aromatic carbocycles. The number of thioether (sulfide) groups is 1. The summed E-state index contributed by atoms with van der Waals surface area (Å²) in [7, 11) is 3.63. The first-order valence-corrected chi connectivity index (χ1v) is 11.8. The fraction of sp³-hybridized carbons (Fsp3) is 0.864. The van der Waals surface area contributed by atoms with Crippen LogP contribution in [0.15, 0.2) is 12.2 Å². The van der Waals surface area contributed by atoms with Crippen LogP contribution < -0.4 is 0 Å². The monoisotopic (exact) mass is 397 g/mol. The molecule has 156 valence electrons. The standard InChI is InChI=1S/C22H39NO3S/c1-4-5-6-9-16(24)12-13-18-19-14-17(27-21(19)15-20(18)25)10-7-8-11-22(26)23(2)3/h12-13,16-21,24-25H,4-11,14-15H2,1-3H3/t16-,17-,18+,19+,20+,21-/m0/s1. The predicted molar refractivity (Wildman–Crippen MR) is 114 cm³/mol. The van der Waals surface area contributed by atoms with E-state index in [1.54, 1.807) is 4.90 Å². The third-order valence-corrected chi connectivity index (χ3v) is 7.82. The highest BCUT2D eigenvalue weighted by molar-refractivity contribution is 8.00. The van der Waals surface area contributed by atoms with Crippen molar-refractivity contribution in [2.24, 2.45) is 11.8 Å². The van der Waals surface area contributed by atoms with Crippen molar-refractivity contribution in [1.82, 2.24) is 4.90 Å². The van der Waals surface area contributed by atoms with Gasteiger partial charge in [-0.1, -0.05) is 44.8 Å². The average molecular weight is 398 g/mol. The van der Waals surface area contributed by atoms with Gasteiger partial charge in [-0.3, -0.25) is 4.79 Å². The zero-order chi connectivity index (χ0) is 19.8. The van der Waals surface area contributed by atoms with Gasteiger partial charge in [-0.2, -0.15) is 11.8 Å². The van der Waals surface area contributed by atoms with E-state index in [-0.39, 0.29) is 24.0 Å². The van der Waals surface area contributed by atoms with Crippen LogP contribution in [0, 0.1) is 11.8 Å². The fourth-order valence-electron chi connectivity index (χ4n) is 4.46. The van der Waals surface area contributed by atoms with E-state index in [1.165, 1.54) is 19.3 Å². The Balaban J connectivity index is 1.73. The normalized spacial score (nSPS) is 31.4. The van der Waals surface area contributed by atoms with Crippen molar-refractivity contribution < 1.29 is 15.0 Å². The van der Waals surface area contributed by atoms with Crippen LogP contribution in [0.1, 0.15) is 71.1 Å². The highest BCUT2D eigenvalue weighted by Gasteiger charge is 2.47. The Kier molecular flexibility index (Phi) is 9.67. The summed E-state index contributed by atoms with van der Waals surface area (Å²) in [6.45, 7) is 2.17. The number of hydrogen-bond acceptors (Lipinski definition) is 4. The predicted octanol–water partition coefficient (Wildman–Crippen LogP) is 4.00. The summed E-state index contributed by atoms with van der Waals surface area (Å²) in [5.74, 6) is 0.956. The van der Waals surface area contributed by atoms with Crippen LogP contribution in [0.3, 0.4) is 0 Å². The zero-order valence-electron chi connectivity index (χ0n) is 17.3. The molecule has 1 aliphatic carbocycles. The van der Waals surface area contributed by atoms with Crippen molar-refractivity contribution in [2.75, 3.05) is 14.1 Å². The lowest BCUT2D eigenvalue weighted by molar-refractivity contribution is -0.128. The molecule has 0 aromatic rings. The quantitative estimate of drug-likeness (QED) is 0.409. The van der Waals surface area contributed by atoms with Gasteiger partial charge in [0.05, 0.1) is 12.2 Å². The number of carbonyl (C=O) groups is 1. The maximum Gasteiger partial charge on any atom is 0.222 e. The summed E-state index contributed by atoms with van der Waals surface area (Å²) in [4.78, 5) is 13.3. The fourth-order valence-corrected chi connectivity index (χ4v) is 6.39. The van der Waals surface area contributed by atoms with E-state index in [1.807, 2.05) is 20.2 Å². The van der Waals surface area contributed by atoms with Gasteiger partial charge in [0, 0.05) is 36.9 Å². The van der Waals surface area contributed by atoms with Gasteiger partial charge in [0.15, 0.2) is 0 Å². The van der Waals surface area contributed by atoms with Crippen LogP contribution in [0.5, 0.6) is 0 Å². The number of carbonyl (C=O) groups excluding carboxylic acids is 1. The lowest BCUT2D eigenvalue weighted by Crippen LogP contribution is -2.21. The minimum absolute atomic E-state index is 0.198. The van der Waals surface area contributed by atoms with Gasteiger partial charge in [0.25, 0.3) is 0 Å². The van der Waals surface area contributed by atoms with Crippen molar-refractivity contribution in [3.63, 3.8) is 0 Å². The Morgan fingerprint density at radius 3 is 2.70 bits per heavy atom. The third-order valence-electron chi connectivity index (χ3n) is 6.12. The molecule has 2 N–H and O–H groups in total. The summed E-state index contributed by atoms with van der Waals surface area (Å²) < 4.78 is 0. The second kappa shape index (κ2) is 11.5. The molecule has 1 aliphatic heterocycles. The average Bonchev–Trinajstić information content (AvgIpc) is 3.13. The summed E-state index contributed by atoms with van der Waals surface area (Å²) in [6, 6.07) is 0. The largest absolute Gasteiger partial charge is 0.392 e. The molecule has 1 saturated carbocycles. The molecule has 5 heteroatoms. The van der Waals surface area contributed by atoms with Gasteiger partial charge in [0.1, 0.15) is 0 Å². The minimum atomic E-state index is -0.373. The number of amides is 1. The molecule has 0 spiro atoms. The molecule has 0 aromatic heterocycles.